The number of hydrogen-bond donors (Lipinski definition) is 2. The van der Waals surface area contributed by atoms with Gasteiger partial charge in [-0.3, -0.25) is 23.9 Å². The Morgan fingerprint density at radius 3 is 2.40 bits per heavy atom. The lowest BCUT2D eigenvalue weighted by Crippen LogP contribution is -2.54. The molecular weight excluding hydrogens is 857 g/mol. The Bertz CT molecular complexity index is 2480. The summed E-state index contributed by atoms with van der Waals surface area (Å²) in [5, 5.41) is 5.28. The molecule has 0 saturated carbocycles. The van der Waals surface area contributed by atoms with Gasteiger partial charge in [0.25, 0.3) is 11.5 Å². The first-order chi connectivity index (χ1) is 29.5. The van der Waals surface area contributed by atoms with Crippen LogP contribution in [0, 0.1) is 28.9 Å². The Kier molecular flexibility index (Phi) is 13.3. The minimum absolute atomic E-state index is 0.00202. The lowest BCUT2D eigenvalue weighted by atomic mass is 9.81. The summed E-state index contributed by atoms with van der Waals surface area (Å²) in [6.45, 7) is 16.3. The molecule has 18 heteroatoms. The first-order valence-corrected chi connectivity index (χ1v) is 24.9. The van der Waals surface area contributed by atoms with Crippen molar-refractivity contribution >= 4 is 56.0 Å². The maximum absolute atomic E-state index is 16.6. The molecule has 1 atom stereocenters. The minimum atomic E-state index is -1.38. The van der Waals surface area contributed by atoms with Crippen LogP contribution in [0.5, 0.6) is 5.75 Å². The minimum Gasteiger partial charge on any atom is -0.489 e. The normalized spacial score (nSPS) is 17.8. The summed E-state index contributed by atoms with van der Waals surface area (Å²) >= 11 is 6.39. The number of pyridine rings is 1. The van der Waals surface area contributed by atoms with E-state index in [0.29, 0.717) is 55.7 Å². The van der Waals surface area contributed by atoms with Crippen LogP contribution in [0.1, 0.15) is 70.6 Å². The van der Waals surface area contributed by atoms with Gasteiger partial charge in [-0.25, -0.2) is 24.4 Å². The maximum atomic E-state index is 16.6. The topological polar surface area (TPSA) is 136 Å². The van der Waals surface area contributed by atoms with E-state index in [2.05, 4.69) is 39.3 Å². The molecule has 0 unspecified atom stereocenters. The monoisotopic (exact) mass is 916 g/mol. The number of hydrogen-bond acceptors (Lipinski definition) is 9. The number of nitrogens with zero attached hydrogens (tertiary/aromatic N) is 6. The van der Waals surface area contributed by atoms with Crippen molar-refractivity contribution in [2.45, 2.75) is 85.5 Å². The van der Waals surface area contributed by atoms with Crippen LogP contribution < -0.4 is 25.8 Å². The average molecular weight is 918 g/mol. The summed E-state index contributed by atoms with van der Waals surface area (Å²) in [5.41, 5.74) is -2.03. The van der Waals surface area contributed by atoms with E-state index in [4.69, 9.17) is 26.1 Å². The highest BCUT2D eigenvalue weighted by Crippen LogP contribution is 2.39. The number of aryl methyl sites for hydroxylation is 1. The van der Waals surface area contributed by atoms with Gasteiger partial charge >= 0.3 is 0 Å². The van der Waals surface area contributed by atoms with Crippen LogP contribution in [-0.2, 0) is 29.0 Å². The number of nitrogens with one attached hydrogen (secondary N) is 2. The van der Waals surface area contributed by atoms with Gasteiger partial charge in [0, 0.05) is 85.8 Å². The van der Waals surface area contributed by atoms with Crippen LogP contribution in [0.3, 0.4) is 0 Å². The number of amides is 2. The predicted octanol–water partition coefficient (Wildman–Crippen LogP) is 7.09. The number of carbonyl (C=O) groups excluding carboxylic acids is 2. The highest BCUT2D eigenvalue weighted by atomic mass is 35.5. The molecule has 7 rings (SSSR count). The zero-order chi connectivity index (χ0) is 45.8. The summed E-state index contributed by atoms with van der Waals surface area (Å²) in [6, 6.07) is 2.73. The lowest BCUT2D eigenvalue weighted by molar-refractivity contribution is -0.116. The number of ether oxygens (including phenoxy) is 2. The predicted molar refractivity (Wildman–Crippen MR) is 244 cm³/mol. The smallest absolute Gasteiger partial charge is 0.263 e. The fraction of sp³-hybridized carbons (Fsp3) is 0.578. The van der Waals surface area contributed by atoms with Crippen LogP contribution in [0.2, 0.25) is 5.02 Å². The zero-order valence-corrected chi connectivity index (χ0v) is 39.3. The van der Waals surface area contributed by atoms with Crippen molar-refractivity contribution in [2.75, 3.05) is 80.7 Å². The van der Waals surface area contributed by atoms with E-state index in [1.807, 2.05) is 46.4 Å². The van der Waals surface area contributed by atoms with Gasteiger partial charge in [0.15, 0.2) is 11.6 Å². The van der Waals surface area contributed by atoms with E-state index in [0.717, 1.165) is 32.8 Å². The van der Waals surface area contributed by atoms with Crippen molar-refractivity contribution < 1.29 is 32.2 Å². The van der Waals surface area contributed by atoms with Crippen LogP contribution in [0.25, 0.3) is 22.2 Å². The summed E-state index contributed by atoms with van der Waals surface area (Å²) in [7, 11) is -1.09. The number of halogens is 4. The molecule has 2 N–H and O–H groups in total. The molecular formula is C45H60ClF3N8O5S. The molecule has 13 nitrogen and oxygen atoms in total. The Hall–Kier alpha value is -4.32. The van der Waals surface area contributed by atoms with Crippen molar-refractivity contribution in [3.63, 3.8) is 0 Å². The number of aromatic nitrogens is 4. The van der Waals surface area contributed by atoms with Crippen molar-refractivity contribution in [3.8, 4) is 16.9 Å². The Balaban J connectivity index is 1.24. The first-order valence-electron chi connectivity index (χ1n) is 21.5. The van der Waals surface area contributed by atoms with E-state index in [1.165, 1.54) is 27.5 Å². The number of fused-ring (bicyclic) bond motifs is 2. The van der Waals surface area contributed by atoms with Gasteiger partial charge in [-0.2, -0.15) is 8.78 Å². The second-order valence-corrected chi connectivity index (χ2v) is 25.0. The Labute approximate surface area is 373 Å². The second-order valence-electron chi connectivity index (χ2n) is 20.0. The van der Waals surface area contributed by atoms with E-state index < -0.39 is 62.8 Å². The zero-order valence-electron chi connectivity index (χ0n) is 37.7. The average Bonchev–Trinajstić information content (AvgIpc) is 3.77. The highest BCUT2D eigenvalue weighted by molar-refractivity contribution is 8.32. The third-order valence-electron chi connectivity index (χ3n) is 11.6. The molecule has 344 valence electrons. The van der Waals surface area contributed by atoms with Crippen LogP contribution >= 0.6 is 21.6 Å². The van der Waals surface area contributed by atoms with E-state index >= 15 is 13.2 Å². The maximum Gasteiger partial charge on any atom is 0.263 e. The lowest BCUT2D eigenvalue weighted by Gasteiger charge is -2.42. The van der Waals surface area contributed by atoms with Gasteiger partial charge in [0.2, 0.25) is 17.7 Å². The molecule has 3 aliphatic rings. The quantitative estimate of drug-likeness (QED) is 0.127. The van der Waals surface area contributed by atoms with Gasteiger partial charge in [0.05, 0.1) is 36.5 Å². The molecule has 63 heavy (non-hydrogen) atoms. The molecule has 3 aliphatic heterocycles. The number of rotatable bonds is 14. The summed E-state index contributed by atoms with van der Waals surface area (Å²) in [4.78, 5) is 55.6. The highest BCUT2D eigenvalue weighted by Gasteiger charge is 2.34. The summed E-state index contributed by atoms with van der Waals surface area (Å²) < 4.78 is 62.6. The SMILES string of the molecule is C[C@H]1CN(CC2COC2)CCN1c1cc(NC(=O)Cn2cc(-c3cc(C(=O)NC(C)(C)CC(C)(C)C)c(OCCS(C)(C)C)c(F)c3F)c3c(=O)n4c(nc32)CCC4)c(Cl)c(F)n1. The second kappa shape index (κ2) is 17.9. The van der Waals surface area contributed by atoms with Crippen LogP contribution in [0.15, 0.2) is 23.1 Å². The summed E-state index contributed by atoms with van der Waals surface area (Å²) in [5.74, 6) is -3.64. The van der Waals surface area contributed by atoms with E-state index in [-0.39, 0.29) is 56.5 Å². The third-order valence-corrected chi connectivity index (χ3v) is 13.4. The van der Waals surface area contributed by atoms with Crippen molar-refractivity contribution in [1.29, 1.82) is 0 Å². The van der Waals surface area contributed by atoms with Gasteiger partial charge in [0.1, 0.15) is 28.9 Å². The van der Waals surface area contributed by atoms with Crippen LogP contribution in [0.4, 0.5) is 24.7 Å². The number of piperazine rings is 1. The van der Waals surface area contributed by atoms with Crippen LogP contribution in [-0.4, -0.2) is 118 Å². The third kappa shape index (κ3) is 10.5. The standard InChI is InChI=1S/C45H60ClF3N8O5S/c1-26-19-54(20-27-23-61-24-27)13-14-56(26)33-18-31(36(46)40(49)51-33)50-34(58)22-55-21-30(35-41(55)52-32-11-10-12-57(32)43(35)60)28-17-29(42(59)53-45(5,6)25-44(2,3)4)39(38(48)37(28)47)62-15-16-63(7,8)9/h17-18,21,26-27H,10-16,19-20,22-25H2,1-9H3,(H,53,59)(H,50,51,58)/t26-/m0/s1. The van der Waals surface area contributed by atoms with Crippen molar-refractivity contribution in [2.24, 2.45) is 11.3 Å². The fourth-order valence-electron chi connectivity index (χ4n) is 9.07. The molecule has 2 saturated heterocycles. The van der Waals surface area contributed by atoms with Gasteiger partial charge in [-0.05, 0) is 63.9 Å². The molecule has 0 spiro atoms. The van der Waals surface area contributed by atoms with Gasteiger partial charge < -0.3 is 29.6 Å². The molecule has 2 fully saturated rings. The number of benzene rings is 1. The molecule has 0 bridgehead atoms. The number of carbonyl (C=O) groups is 2. The first kappa shape index (κ1) is 46.7. The Morgan fingerprint density at radius 1 is 1.02 bits per heavy atom. The van der Waals surface area contributed by atoms with E-state index in [1.54, 1.807) is 0 Å². The summed E-state index contributed by atoms with van der Waals surface area (Å²) in [6.07, 6.45) is 9.26. The van der Waals surface area contributed by atoms with Gasteiger partial charge in [-0.15, -0.1) is 0 Å². The molecule has 2 amide bonds. The molecule has 3 aromatic heterocycles. The largest absolute Gasteiger partial charge is 0.489 e. The number of anilines is 2. The van der Waals surface area contributed by atoms with Crippen molar-refractivity contribution in [3.05, 3.63) is 62.7 Å². The molecule has 4 aromatic rings. The molecule has 0 radical (unpaired) electrons. The van der Waals surface area contributed by atoms with Gasteiger partial charge in [-0.1, -0.05) is 32.4 Å². The fourth-order valence-corrected chi connectivity index (χ4v) is 9.80. The molecule has 6 heterocycles. The molecule has 0 aliphatic carbocycles. The van der Waals surface area contributed by atoms with E-state index in [9.17, 15) is 14.4 Å². The Morgan fingerprint density at radius 2 is 1.75 bits per heavy atom. The molecule has 1 aromatic carbocycles. The van der Waals surface area contributed by atoms with Crippen molar-refractivity contribution in [1.82, 2.24) is 29.3 Å².